The predicted molar refractivity (Wildman–Crippen MR) is 117 cm³/mol. The molecule has 0 spiro atoms. The van der Waals surface area contributed by atoms with Gasteiger partial charge >= 0.3 is 0 Å². The summed E-state index contributed by atoms with van der Waals surface area (Å²) in [5.41, 5.74) is 2.00. The van der Waals surface area contributed by atoms with Crippen LogP contribution in [0.4, 0.5) is 5.13 Å². The Hall–Kier alpha value is -1.94. The number of anilines is 1. The number of carbonyl (C=O) groups is 1. The summed E-state index contributed by atoms with van der Waals surface area (Å²) in [6, 6.07) is 9.58. The van der Waals surface area contributed by atoms with E-state index in [2.05, 4.69) is 27.5 Å². The minimum Gasteiger partial charge on any atom is -0.296 e. The fourth-order valence-corrected chi connectivity index (χ4v) is 5.52. The second-order valence-corrected chi connectivity index (χ2v) is 9.92. The summed E-state index contributed by atoms with van der Waals surface area (Å²) in [6.07, 6.45) is 0. The highest BCUT2D eigenvalue weighted by Crippen LogP contribution is 2.30. The van der Waals surface area contributed by atoms with Gasteiger partial charge in [-0.05, 0) is 36.4 Å². The Morgan fingerprint density at radius 3 is 2.79 bits per heavy atom. The lowest BCUT2D eigenvalue weighted by Crippen LogP contribution is -2.09. The predicted octanol–water partition coefficient (Wildman–Crippen LogP) is 5.32. The molecule has 4 rings (SSSR count). The van der Waals surface area contributed by atoms with Gasteiger partial charge in [-0.1, -0.05) is 53.8 Å². The molecule has 3 heterocycles. The van der Waals surface area contributed by atoms with E-state index in [9.17, 15) is 4.79 Å². The average Bonchev–Trinajstić information content (AvgIpc) is 3.36. The number of rotatable bonds is 6. The van der Waals surface area contributed by atoms with Gasteiger partial charge in [0.15, 0.2) is 4.34 Å². The SMILES string of the molecule is CCSc1nnc(NC(=O)c2cc3c(C)nn(Cc4ccc(Cl)cc4)c3s2)s1. The number of thioether (sulfide) groups is 1. The molecule has 0 aliphatic heterocycles. The Morgan fingerprint density at radius 2 is 2.04 bits per heavy atom. The number of amides is 1. The van der Waals surface area contributed by atoms with Crippen LogP contribution in [-0.4, -0.2) is 31.6 Å². The zero-order chi connectivity index (χ0) is 19.7. The zero-order valence-corrected chi connectivity index (χ0v) is 18.3. The van der Waals surface area contributed by atoms with Crippen LogP contribution in [0.25, 0.3) is 10.2 Å². The molecular formula is C18H16ClN5OS3. The molecule has 0 saturated carbocycles. The molecule has 0 bridgehead atoms. The quantitative estimate of drug-likeness (QED) is 0.318. The van der Waals surface area contributed by atoms with Crippen LogP contribution in [0.15, 0.2) is 34.7 Å². The molecule has 144 valence electrons. The number of nitrogens with one attached hydrogen (secondary N) is 1. The standard InChI is InChI=1S/C18H16ClN5OS3/c1-3-26-18-22-21-17(28-18)20-15(25)14-8-13-10(2)23-24(16(13)27-14)9-11-4-6-12(19)7-5-11/h4-8H,3,9H2,1-2H3,(H,20,21,25). The first kappa shape index (κ1) is 19.4. The summed E-state index contributed by atoms with van der Waals surface area (Å²) in [5.74, 6) is 0.741. The van der Waals surface area contributed by atoms with Gasteiger partial charge in [0.2, 0.25) is 5.13 Å². The van der Waals surface area contributed by atoms with Crippen LogP contribution in [-0.2, 0) is 6.54 Å². The smallest absolute Gasteiger partial charge is 0.267 e. The van der Waals surface area contributed by atoms with Crippen molar-refractivity contribution >= 4 is 67.3 Å². The summed E-state index contributed by atoms with van der Waals surface area (Å²) in [5, 5.41) is 17.8. The highest BCUT2D eigenvalue weighted by Gasteiger charge is 2.18. The van der Waals surface area contributed by atoms with Gasteiger partial charge in [-0.3, -0.25) is 14.8 Å². The molecule has 0 unspecified atom stereocenters. The molecule has 1 amide bonds. The number of nitrogens with zero attached hydrogens (tertiary/aromatic N) is 4. The Kier molecular flexibility index (Phi) is 5.68. The molecule has 3 aromatic heterocycles. The third kappa shape index (κ3) is 4.07. The fourth-order valence-electron chi connectivity index (χ4n) is 2.70. The van der Waals surface area contributed by atoms with E-state index in [1.807, 2.05) is 41.9 Å². The maximum atomic E-state index is 12.7. The second-order valence-electron chi connectivity index (χ2n) is 5.96. The molecule has 28 heavy (non-hydrogen) atoms. The van der Waals surface area contributed by atoms with Gasteiger partial charge in [0.25, 0.3) is 5.91 Å². The van der Waals surface area contributed by atoms with E-state index >= 15 is 0 Å². The molecule has 6 nitrogen and oxygen atoms in total. The van der Waals surface area contributed by atoms with Crippen LogP contribution >= 0.6 is 46.0 Å². The number of hydrogen-bond acceptors (Lipinski definition) is 7. The van der Waals surface area contributed by atoms with Crippen molar-refractivity contribution in [3.05, 3.63) is 51.5 Å². The van der Waals surface area contributed by atoms with E-state index in [-0.39, 0.29) is 5.91 Å². The molecular weight excluding hydrogens is 434 g/mol. The molecule has 10 heteroatoms. The van der Waals surface area contributed by atoms with Crippen LogP contribution in [0.2, 0.25) is 5.02 Å². The Labute approximate surface area is 178 Å². The number of hydrogen-bond donors (Lipinski definition) is 1. The fraction of sp³-hybridized carbons (Fsp3) is 0.222. The molecule has 0 atom stereocenters. The summed E-state index contributed by atoms with van der Waals surface area (Å²) in [4.78, 5) is 14.2. The Morgan fingerprint density at radius 1 is 1.25 bits per heavy atom. The van der Waals surface area contributed by atoms with Crippen LogP contribution in [0.3, 0.4) is 0 Å². The normalized spacial score (nSPS) is 11.2. The first-order valence-corrected chi connectivity index (χ1v) is 11.5. The highest BCUT2D eigenvalue weighted by molar-refractivity contribution is 8.01. The molecule has 0 saturated heterocycles. The first-order chi connectivity index (χ1) is 13.5. The lowest BCUT2D eigenvalue weighted by Gasteiger charge is -2.03. The van der Waals surface area contributed by atoms with Gasteiger partial charge in [0.1, 0.15) is 4.83 Å². The first-order valence-electron chi connectivity index (χ1n) is 8.52. The minimum absolute atomic E-state index is 0.178. The largest absolute Gasteiger partial charge is 0.296 e. The van der Waals surface area contributed by atoms with Crippen molar-refractivity contribution in [2.75, 3.05) is 11.1 Å². The lowest BCUT2D eigenvalue weighted by molar-refractivity contribution is 0.103. The van der Waals surface area contributed by atoms with Crippen LogP contribution in [0.5, 0.6) is 0 Å². The highest BCUT2D eigenvalue weighted by atomic mass is 35.5. The van der Waals surface area contributed by atoms with Crippen molar-refractivity contribution < 1.29 is 4.79 Å². The number of benzene rings is 1. The third-order valence-corrected chi connectivity index (χ3v) is 7.22. The molecule has 0 radical (unpaired) electrons. The van der Waals surface area contributed by atoms with Crippen LogP contribution in [0.1, 0.15) is 27.9 Å². The van der Waals surface area contributed by atoms with Crippen molar-refractivity contribution in [2.24, 2.45) is 0 Å². The van der Waals surface area contributed by atoms with Crippen molar-refractivity contribution in [3.63, 3.8) is 0 Å². The van der Waals surface area contributed by atoms with Gasteiger partial charge < -0.3 is 0 Å². The van der Waals surface area contributed by atoms with E-state index in [0.717, 1.165) is 31.6 Å². The lowest BCUT2D eigenvalue weighted by atomic mass is 10.2. The number of halogens is 1. The van der Waals surface area contributed by atoms with Gasteiger partial charge in [-0.2, -0.15) is 5.10 Å². The average molecular weight is 450 g/mol. The zero-order valence-electron chi connectivity index (χ0n) is 15.1. The van der Waals surface area contributed by atoms with Crippen LogP contribution < -0.4 is 5.32 Å². The maximum absolute atomic E-state index is 12.7. The van der Waals surface area contributed by atoms with Gasteiger partial charge in [-0.25, -0.2) is 0 Å². The third-order valence-electron chi connectivity index (χ3n) is 3.97. The number of aromatic nitrogens is 4. The molecule has 1 aromatic carbocycles. The Bertz CT molecular complexity index is 1130. The van der Waals surface area contributed by atoms with E-state index in [1.54, 1.807) is 11.8 Å². The molecule has 1 N–H and O–H groups in total. The van der Waals surface area contributed by atoms with Gasteiger partial charge in [-0.15, -0.1) is 21.5 Å². The maximum Gasteiger partial charge on any atom is 0.267 e. The number of aryl methyl sites for hydroxylation is 1. The topological polar surface area (TPSA) is 72.7 Å². The van der Waals surface area contributed by atoms with Crippen molar-refractivity contribution in [2.45, 2.75) is 24.7 Å². The molecule has 0 aliphatic rings. The van der Waals surface area contributed by atoms with E-state index in [0.29, 0.717) is 21.6 Å². The van der Waals surface area contributed by atoms with Crippen LogP contribution in [0, 0.1) is 6.92 Å². The summed E-state index contributed by atoms with van der Waals surface area (Å²) < 4.78 is 2.78. The Balaban J connectivity index is 1.56. The van der Waals surface area contributed by atoms with Gasteiger partial charge in [0.05, 0.1) is 17.1 Å². The van der Waals surface area contributed by atoms with E-state index in [1.165, 1.54) is 22.7 Å². The monoisotopic (exact) mass is 449 g/mol. The number of fused-ring (bicyclic) bond motifs is 1. The summed E-state index contributed by atoms with van der Waals surface area (Å²) >= 11 is 10.4. The van der Waals surface area contributed by atoms with Crippen molar-refractivity contribution in [3.8, 4) is 0 Å². The second kappa shape index (κ2) is 8.20. The summed E-state index contributed by atoms with van der Waals surface area (Å²) in [6.45, 7) is 4.63. The van der Waals surface area contributed by atoms with E-state index in [4.69, 9.17) is 11.6 Å². The summed E-state index contributed by atoms with van der Waals surface area (Å²) in [7, 11) is 0. The van der Waals surface area contributed by atoms with Crippen molar-refractivity contribution in [1.82, 2.24) is 20.0 Å². The van der Waals surface area contributed by atoms with Crippen molar-refractivity contribution in [1.29, 1.82) is 0 Å². The molecule has 4 aromatic rings. The number of thiophene rings is 1. The molecule has 0 fully saturated rings. The minimum atomic E-state index is -0.178. The molecule has 0 aliphatic carbocycles. The number of carbonyl (C=O) groups excluding carboxylic acids is 1. The van der Waals surface area contributed by atoms with E-state index < -0.39 is 0 Å². The van der Waals surface area contributed by atoms with Gasteiger partial charge in [0, 0.05) is 10.4 Å².